The third-order valence-electron chi connectivity index (χ3n) is 5.06. The van der Waals surface area contributed by atoms with Crippen molar-refractivity contribution >= 4 is 27.7 Å². The van der Waals surface area contributed by atoms with E-state index in [9.17, 15) is 18.0 Å². The number of nitrogens with zero attached hydrogens (tertiary/aromatic N) is 4. The van der Waals surface area contributed by atoms with Gasteiger partial charge in [-0.05, 0) is 12.1 Å². The van der Waals surface area contributed by atoms with Gasteiger partial charge >= 0.3 is 0 Å². The molecule has 0 spiro atoms. The van der Waals surface area contributed by atoms with Gasteiger partial charge in [-0.25, -0.2) is 0 Å². The minimum atomic E-state index is -3.47. The standard InChI is InChI=1S/C17H25N5O4S/c1-3-20(4-2)27(25,26)21-10-8-19(9-11-21)12-22-16(23)13-6-5-7-14(18)15(13)17(22)24/h5-7H,3-4,8-12,18H2,1-2H3. The van der Waals surface area contributed by atoms with E-state index in [-0.39, 0.29) is 18.1 Å². The highest BCUT2D eigenvalue weighted by Crippen LogP contribution is 2.27. The molecule has 10 heteroatoms. The zero-order valence-corrected chi connectivity index (χ0v) is 16.4. The van der Waals surface area contributed by atoms with Gasteiger partial charge in [-0.1, -0.05) is 19.9 Å². The number of anilines is 1. The van der Waals surface area contributed by atoms with Crippen molar-refractivity contribution in [2.75, 3.05) is 51.7 Å². The number of nitrogen functional groups attached to an aromatic ring is 1. The number of hydrogen-bond donors (Lipinski definition) is 1. The van der Waals surface area contributed by atoms with E-state index in [1.54, 1.807) is 18.2 Å². The number of benzene rings is 1. The van der Waals surface area contributed by atoms with E-state index < -0.39 is 16.1 Å². The van der Waals surface area contributed by atoms with Crippen LogP contribution in [0.15, 0.2) is 18.2 Å². The molecule has 2 heterocycles. The van der Waals surface area contributed by atoms with Crippen LogP contribution in [0.4, 0.5) is 5.69 Å². The summed E-state index contributed by atoms with van der Waals surface area (Å²) < 4.78 is 28.1. The molecule has 2 N–H and O–H groups in total. The maximum absolute atomic E-state index is 12.6. The van der Waals surface area contributed by atoms with Gasteiger partial charge in [-0.3, -0.25) is 19.4 Å². The van der Waals surface area contributed by atoms with Crippen molar-refractivity contribution in [3.63, 3.8) is 0 Å². The van der Waals surface area contributed by atoms with E-state index in [1.165, 1.54) is 13.5 Å². The number of carbonyl (C=O) groups is 2. The van der Waals surface area contributed by atoms with Gasteiger partial charge in [0, 0.05) is 45.0 Å². The second-order valence-electron chi connectivity index (χ2n) is 6.56. The summed E-state index contributed by atoms with van der Waals surface area (Å²) in [7, 11) is -3.47. The third-order valence-corrected chi connectivity index (χ3v) is 7.25. The van der Waals surface area contributed by atoms with Gasteiger partial charge < -0.3 is 5.73 Å². The van der Waals surface area contributed by atoms with E-state index in [2.05, 4.69) is 0 Å². The fourth-order valence-electron chi connectivity index (χ4n) is 3.50. The number of carbonyl (C=O) groups excluding carboxylic acids is 2. The van der Waals surface area contributed by atoms with E-state index in [1.807, 2.05) is 18.7 Å². The summed E-state index contributed by atoms with van der Waals surface area (Å²) in [6, 6.07) is 4.85. The highest BCUT2D eigenvalue weighted by Gasteiger charge is 2.39. The van der Waals surface area contributed by atoms with Crippen molar-refractivity contribution in [1.29, 1.82) is 0 Å². The average molecular weight is 395 g/mol. The molecule has 0 atom stereocenters. The highest BCUT2D eigenvalue weighted by atomic mass is 32.2. The zero-order valence-electron chi connectivity index (χ0n) is 15.6. The predicted octanol–water partition coefficient (Wildman–Crippen LogP) is 0.0265. The normalized spacial score (nSPS) is 19.1. The average Bonchev–Trinajstić information content (AvgIpc) is 2.89. The van der Waals surface area contributed by atoms with Crippen LogP contribution in [0, 0.1) is 0 Å². The largest absolute Gasteiger partial charge is 0.398 e. The number of rotatable bonds is 6. The second-order valence-corrected chi connectivity index (χ2v) is 8.49. The predicted molar refractivity (Wildman–Crippen MR) is 101 cm³/mol. The molecule has 0 bridgehead atoms. The van der Waals surface area contributed by atoms with Gasteiger partial charge in [-0.2, -0.15) is 17.0 Å². The molecule has 1 aromatic rings. The van der Waals surface area contributed by atoms with Gasteiger partial charge in [0.25, 0.3) is 22.0 Å². The van der Waals surface area contributed by atoms with Crippen LogP contribution in [-0.2, 0) is 10.2 Å². The second kappa shape index (κ2) is 7.55. The molecule has 3 rings (SSSR count). The van der Waals surface area contributed by atoms with Gasteiger partial charge in [0.1, 0.15) is 0 Å². The summed E-state index contributed by atoms with van der Waals surface area (Å²) in [5, 5.41) is 0. The Morgan fingerprint density at radius 3 is 2.22 bits per heavy atom. The monoisotopic (exact) mass is 395 g/mol. The molecule has 2 amide bonds. The molecule has 9 nitrogen and oxygen atoms in total. The van der Waals surface area contributed by atoms with Crippen molar-refractivity contribution in [3.8, 4) is 0 Å². The van der Waals surface area contributed by atoms with Crippen LogP contribution in [0.3, 0.4) is 0 Å². The van der Waals surface area contributed by atoms with Crippen molar-refractivity contribution in [2.24, 2.45) is 0 Å². The first-order valence-corrected chi connectivity index (χ1v) is 10.4. The van der Waals surface area contributed by atoms with Gasteiger partial charge in [0.05, 0.1) is 17.8 Å². The molecule has 27 heavy (non-hydrogen) atoms. The Morgan fingerprint density at radius 1 is 1.04 bits per heavy atom. The SMILES string of the molecule is CCN(CC)S(=O)(=O)N1CCN(CN2C(=O)c3cccc(N)c3C2=O)CC1. The zero-order chi connectivity index (χ0) is 19.8. The minimum Gasteiger partial charge on any atom is -0.398 e. The summed E-state index contributed by atoms with van der Waals surface area (Å²) in [6.45, 7) is 6.15. The van der Waals surface area contributed by atoms with Crippen LogP contribution in [0.2, 0.25) is 0 Å². The summed E-state index contributed by atoms with van der Waals surface area (Å²) in [6.07, 6.45) is 0. The Balaban J connectivity index is 1.65. The smallest absolute Gasteiger partial charge is 0.282 e. The number of fused-ring (bicyclic) bond motifs is 1. The Labute approximate surface area is 159 Å². The Kier molecular flexibility index (Phi) is 5.52. The Hall–Kier alpha value is -2.01. The van der Waals surface area contributed by atoms with E-state index in [0.717, 1.165) is 0 Å². The molecule has 0 aliphatic carbocycles. The first kappa shape index (κ1) is 19.7. The fourth-order valence-corrected chi connectivity index (χ4v) is 5.11. The van der Waals surface area contributed by atoms with Crippen molar-refractivity contribution in [3.05, 3.63) is 29.3 Å². The quantitative estimate of drug-likeness (QED) is 0.538. The highest BCUT2D eigenvalue weighted by molar-refractivity contribution is 7.86. The van der Waals surface area contributed by atoms with Crippen LogP contribution in [0.25, 0.3) is 0 Å². The number of nitrogens with two attached hydrogens (primary N) is 1. The van der Waals surface area contributed by atoms with Crippen LogP contribution in [-0.4, -0.2) is 84.6 Å². The first-order valence-electron chi connectivity index (χ1n) is 9.03. The summed E-state index contributed by atoms with van der Waals surface area (Å²) in [4.78, 5) is 28.2. The van der Waals surface area contributed by atoms with E-state index >= 15 is 0 Å². The van der Waals surface area contributed by atoms with Crippen molar-refractivity contribution in [1.82, 2.24) is 18.4 Å². The van der Waals surface area contributed by atoms with Crippen LogP contribution >= 0.6 is 0 Å². The third kappa shape index (κ3) is 3.45. The molecule has 0 unspecified atom stereocenters. The van der Waals surface area contributed by atoms with Gasteiger partial charge in [-0.15, -0.1) is 0 Å². The molecular formula is C17H25N5O4S. The lowest BCUT2D eigenvalue weighted by Crippen LogP contribution is -2.55. The first-order chi connectivity index (χ1) is 12.8. The number of piperazine rings is 1. The molecule has 0 aromatic heterocycles. The minimum absolute atomic E-state index is 0.130. The van der Waals surface area contributed by atoms with E-state index in [4.69, 9.17) is 5.73 Å². The fraction of sp³-hybridized carbons (Fsp3) is 0.529. The van der Waals surface area contributed by atoms with Gasteiger partial charge in [0.15, 0.2) is 0 Å². The molecular weight excluding hydrogens is 370 g/mol. The lowest BCUT2D eigenvalue weighted by Gasteiger charge is -2.37. The Morgan fingerprint density at radius 2 is 1.67 bits per heavy atom. The molecule has 0 radical (unpaired) electrons. The Bertz CT molecular complexity index is 845. The number of hydrogen-bond acceptors (Lipinski definition) is 6. The maximum Gasteiger partial charge on any atom is 0.282 e. The summed E-state index contributed by atoms with van der Waals surface area (Å²) >= 11 is 0. The van der Waals surface area contributed by atoms with Crippen LogP contribution in [0.5, 0.6) is 0 Å². The van der Waals surface area contributed by atoms with Crippen LogP contribution < -0.4 is 5.73 Å². The van der Waals surface area contributed by atoms with Gasteiger partial charge in [0.2, 0.25) is 0 Å². The molecule has 1 aromatic carbocycles. The molecule has 0 saturated carbocycles. The maximum atomic E-state index is 12.6. The molecule has 2 aliphatic rings. The van der Waals surface area contributed by atoms with Crippen molar-refractivity contribution < 1.29 is 18.0 Å². The molecule has 1 fully saturated rings. The van der Waals surface area contributed by atoms with Crippen LogP contribution in [0.1, 0.15) is 34.6 Å². The topological polar surface area (TPSA) is 107 Å². The molecule has 1 saturated heterocycles. The summed E-state index contributed by atoms with van der Waals surface area (Å²) in [5.74, 6) is -0.758. The summed E-state index contributed by atoms with van der Waals surface area (Å²) in [5.41, 5.74) is 6.72. The van der Waals surface area contributed by atoms with E-state index in [0.29, 0.717) is 50.5 Å². The number of amides is 2. The van der Waals surface area contributed by atoms with Crippen molar-refractivity contribution in [2.45, 2.75) is 13.8 Å². The molecule has 148 valence electrons. The lowest BCUT2D eigenvalue weighted by atomic mass is 10.1. The lowest BCUT2D eigenvalue weighted by molar-refractivity contribution is 0.0498. The number of imide groups is 1. The molecule has 2 aliphatic heterocycles.